The summed E-state index contributed by atoms with van der Waals surface area (Å²) in [5, 5.41) is 15.4. The van der Waals surface area contributed by atoms with Gasteiger partial charge in [-0.1, -0.05) is 48.5 Å². The molecule has 4 aromatic rings. The average Bonchev–Trinajstić information content (AvgIpc) is 2.76. The second kappa shape index (κ2) is 7.76. The summed E-state index contributed by atoms with van der Waals surface area (Å²) >= 11 is 0. The van der Waals surface area contributed by atoms with E-state index in [0.29, 0.717) is 11.1 Å². The summed E-state index contributed by atoms with van der Waals surface area (Å²) < 4.78 is 39.6. The first-order chi connectivity index (χ1) is 14.4. The van der Waals surface area contributed by atoms with Crippen LogP contribution in [0.15, 0.2) is 72.9 Å². The number of aliphatic hydroxyl groups is 1. The Morgan fingerprint density at radius 1 is 1.00 bits per heavy atom. The summed E-state index contributed by atoms with van der Waals surface area (Å²) in [6, 6.07) is 17.6. The zero-order chi connectivity index (χ0) is 21.3. The van der Waals surface area contributed by atoms with Crippen LogP contribution in [0.1, 0.15) is 27.6 Å². The fourth-order valence-electron chi connectivity index (χ4n) is 3.54. The van der Waals surface area contributed by atoms with E-state index >= 15 is 0 Å². The molecule has 0 saturated heterocycles. The number of halogens is 3. The number of aliphatic hydroxyl groups excluding tert-OH is 1. The molecule has 0 radical (unpaired) electrons. The van der Waals surface area contributed by atoms with Crippen LogP contribution in [0.5, 0.6) is 0 Å². The van der Waals surface area contributed by atoms with E-state index in [2.05, 4.69) is 10.3 Å². The largest absolute Gasteiger partial charge is 0.416 e. The number of amides is 1. The summed E-state index contributed by atoms with van der Waals surface area (Å²) in [5.74, 6) is -0.520. The minimum absolute atomic E-state index is 0.285. The van der Waals surface area contributed by atoms with E-state index in [-0.39, 0.29) is 12.1 Å². The van der Waals surface area contributed by atoms with Gasteiger partial charge in [-0.3, -0.25) is 9.78 Å². The van der Waals surface area contributed by atoms with Gasteiger partial charge in [-0.05, 0) is 34.5 Å². The number of rotatable bonds is 4. The van der Waals surface area contributed by atoms with E-state index in [1.165, 1.54) is 18.2 Å². The van der Waals surface area contributed by atoms with Gasteiger partial charge >= 0.3 is 6.18 Å². The quantitative estimate of drug-likeness (QED) is 0.472. The van der Waals surface area contributed by atoms with Crippen LogP contribution in [-0.4, -0.2) is 22.5 Å². The molecule has 1 heterocycles. The number of hydrogen-bond acceptors (Lipinski definition) is 3. The molecule has 0 spiro atoms. The normalized spacial score (nSPS) is 12.8. The van der Waals surface area contributed by atoms with E-state index in [4.69, 9.17) is 0 Å². The van der Waals surface area contributed by atoms with E-state index in [1.54, 1.807) is 18.3 Å². The molecular weight excluding hydrogens is 393 g/mol. The molecular formula is C23H17F3N2O2. The van der Waals surface area contributed by atoms with Crippen molar-refractivity contribution in [2.75, 3.05) is 6.54 Å². The van der Waals surface area contributed by atoms with Gasteiger partial charge in [0.15, 0.2) is 0 Å². The molecule has 2 N–H and O–H groups in total. The maximum absolute atomic E-state index is 13.2. The minimum atomic E-state index is -4.60. The third-order valence-corrected chi connectivity index (χ3v) is 4.94. The summed E-state index contributed by atoms with van der Waals surface area (Å²) in [6.45, 7) is -0.368. The van der Waals surface area contributed by atoms with Gasteiger partial charge in [-0.15, -0.1) is 0 Å². The molecule has 0 aliphatic rings. The number of nitrogens with zero attached hydrogens (tertiary/aromatic N) is 1. The van der Waals surface area contributed by atoms with E-state index in [9.17, 15) is 23.1 Å². The lowest BCUT2D eigenvalue weighted by molar-refractivity contribution is -0.139. The maximum atomic E-state index is 13.2. The lowest BCUT2D eigenvalue weighted by Crippen LogP contribution is -2.29. The van der Waals surface area contributed by atoms with Crippen LogP contribution < -0.4 is 5.32 Å². The molecule has 30 heavy (non-hydrogen) atoms. The van der Waals surface area contributed by atoms with Crippen molar-refractivity contribution in [3.8, 4) is 0 Å². The van der Waals surface area contributed by atoms with Crippen LogP contribution >= 0.6 is 0 Å². The molecule has 7 heteroatoms. The smallest absolute Gasteiger partial charge is 0.387 e. The zero-order valence-corrected chi connectivity index (χ0v) is 15.6. The number of hydrogen-bond donors (Lipinski definition) is 2. The van der Waals surface area contributed by atoms with Crippen molar-refractivity contribution in [3.63, 3.8) is 0 Å². The summed E-state index contributed by atoms with van der Waals surface area (Å²) in [4.78, 5) is 17.1. The molecule has 152 valence electrons. The first-order valence-corrected chi connectivity index (χ1v) is 9.25. The van der Waals surface area contributed by atoms with Gasteiger partial charge in [-0.25, -0.2) is 0 Å². The SMILES string of the molecule is O=C(NCC(O)c1ccccc1C(F)(F)F)c1cc2ccccc2c2cccnc12. The summed E-state index contributed by atoms with van der Waals surface area (Å²) in [6.07, 6.45) is -4.53. The van der Waals surface area contributed by atoms with E-state index in [1.807, 2.05) is 30.3 Å². The highest BCUT2D eigenvalue weighted by Crippen LogP contribution is 2.34. The van der Waals surface area contributed by atoms with Crippen molar-refractivity contribution in [2.45, 2.75) is 12.3 Å². The number of alkyl halides is 3. The Bertz CT molecular complexity index is 1240. The lowest BCUT2D eigenvalue weighted by atomic mass is 9.99. The number of aromatic nitrogens is 1. The van der Waals surface area contributed by atoms with Crippen LogP contribution in [0.3, 0.4) is 0 Å². The Hall–Kier alpha value is -3.45. The Labute approximate surface area is 170 Å². The number of fused-ring (bicyclic) bond motifs is 3. The second-order valence-electron chi connectivity index (χ2n) is 6.86. The highest BCUT2D eigenvalue weighted by molar-refractivity contribution is 6.15. The van der Waals surface area contributed by atoms with Crippen molar-refractivity contribution in [1.29, 1.82) is 0 Å². The zero-order valence-electron chi connectivity index (χ0n) is 15.6. The Morgan fingerprint density at radius 2 is 1.70 bits per heavy atom. The standard InChI is InChI=1S/C23H17F3N2O2/c24-23(25,26)19-10-4-3-8-17(19)20(29)13-28-22(30)18-12-14-6-1-2-7-15(14)16-9-5-11-27-21(16)18/h1-12,20,29H,13H2,(H,28,30). The van der Waals surface area contributed by atoms with E-state index < -0.39 is 23.8 Å². The van der Waals surface area contributed by atoms with Crippen LogP contribution in [-0.2, 0) is 6.18 Å². The number of carbonyl (C=O) groups is 1. The third kappa shape index (κ3) is 3.71. The number of carbonyl (C=O) groups excluding carboxylic acids is 1. The maximum Gasteiger partial charge on any atom is 0.416 e. The van der Waals surface area contributed by atoms with Gasteiger partial charge in [0.2, 0.25) is 0 Å². The van der Waals surface area contributed by atoms with Gasteiger partial charge in [0.25, 0.3) is 5.91 Å². The molecule has 1 amide bonds. The molecule has 1 aromatic heterocycles. The van der Waals surface area contributed by atoms with Gasteiger partial charge in [0.1, 0.15) is 0 Å². The average molecular weight is 410 g/mol. The highest BCUT2D eigenvalue weighted by atomic mass is 19.4. The molecule has 4 nitrogen and oxygen atoms in total. The molecule has 0 aliphatic carbocycles. The first kappa shape index (κ1) is 19.8. The molecule has 3 aromatic carbocycles. The van der Waals surface area contributed by atoms with E-state index in [0.717, 1.165) is 22.2 Å². The Morgan fingerprint density at radius 3 is 2.50 bits per heavy atom. The molecule has 0 fully saturated rings. The lowest BCUT2D eigenvalue weighted by Gasteiger charge is -2.18. The first-order valence-electron chi connectivity index (χ1n) is 9.25. The van der Waals surface area contributed by atoms with Crippen LogP contribution in [0, 0.1) is 0 Å². The fraction of sp³-hybridized carbons (Fsp3) is 0.130. The molecule has 4 rings (SSSR count). The topological polar surface area (TPSA) is 62.2 Å². The predicted octanol–water partition coefficient (Wildman–Crippen LogP) is 4.87. The monoisotopic (exact) mass is 410 g/mol. The van der Waals surface area contributed by atoms with Gasteiger partial charge < -0.3 is 10.4 Å². The number of pyridine rings is 1. The van der Waals surface area contributed by atoms with Crippen molar-refractivity contribution >= 4 is 27.6 Å². The second-order valence-corrected chi connectivity index (χ2v) is 6.86. The molecule has 1 unspecified atom stereocenters. The molecule has 0 aliphatic heterocycles. The fourth-order valence-corrected chi connectivity index (χ4v) is 3.54. The van der Waals surface area contributed by atoms with Crippen LogP contribution in [0.25, 0.3) is 21.7 Å². The molecule has 0 bridgehead atoms. The van der Waals surface area contributed by atoms with Crippen molar-refractivity contribution in [1.82, 2.24) is 10.3 Å². The van der Waals surface area contributed by atoms with Crippen LogP contribution in [0.2, 0.25) is 0 Å². The summed E-state index contributed by atoms with van der Waals surface area (Å²) in [7, 11) is 0. The van der Waals surface area contributed by atoms with Crippen molar-refractivity contribution in [3.05, 3.63) is 89.6 Å². The van der Waals surface area contributed by atoms with Crippen molar-refractivity contribution in [2.24, 2.45) is 0 Å². The Kier molecular flexibility index (Phi) is 5.13. The highest BCUT2D eigenvalue weighted by Gasteiger charge is 2.34. The molecule has 0 saturated carbocycles. The third-order valence-electron chi connectivity index (χ3n) is 4.94. The number of nitrogens with one attached hydrogen (secondary N) is 1. The van der Waals surface area contributed by atoms with Gasteiger partial charge in [0, 0.05) is 18.1 Å². The predicted molar refractivity (Wildman–Crippen MR) is 108 cm³/mol. The van der Waals surface area contributed by atoms with Crippen molar-refractivity contribution < 1.29 is 23.1 Å². The summed E-state index contributed by atoms with van der Waals surface area (Å²) in [5.41, 5.74) is -0.434. The Balaban J connectivity index is 1.63. The molecule has 1 atom stereocenters. The van der Waals surface area contributed by atoms with Gasteiger partial charge in [0.05, 0.1) is 22.7 Å². The minimum Gasteiger partial charge on any atom is -0.387 e. The van der Waals surface area contributed by atoms with Crippen LogP contribution in [0.4, 0.5) is 13.2 Å². The van der Waals surface area contributed by atoms with Gasteiger partial charge in [-0.2, -0.15) is 13.2 Å². The number of benzene rings is 3.